The molecular weight excluding hydrogens is 368 g/mol. The SMILES string of the molecule is COc1cc(CNCc2ccccc2)ccc1OC[C@H](O)CN1CCC(O)CC1. The molecule has 1 fully saturated rings. The van der Waals surface area contributed by atoms with Crippen LogP contribution < -0.4 is 14.8 Å². The molecule has 0 radical (unpaired) electrons. The molecular formula is C23H32N2O4. The average Bonchev–Trinajstić information content (AvgIpc) is 2.75. The molecule has 3 N–H and O–H groups in total. The van der Waals surface area contributed by atoms with Crippen molar-refractivity contribution < 1.29 is 19.7 Å². The van der Waals surface area contributed by atoms with Crippen molar-refractivity contribution in [1.82, 2.24) is 10.2 Å². The number of hydrogen-bond acceptors (Lipinski definition) is 6. The van der Waals surface area contributed by atoms with Crippen molar-refractivity contribution in [3.8, 4) is 11.5 Å². The number of methoxy groups -OCH3 is 1. The fourth-order valence-electron chi connectivity index (χ4n) is 3.53. The van der Waals surface area contributed by atoms with Crippen LogP contribution in [0.2, 0.25) is 0 Å². The molecule has 3 rings (SSSR count). The zero-order valence-electron chi connectivity index (χ0n) is 17.1. The van der Waals surface area contributed by atoms with Crippen LogP contribution in [0.1, 0.15) is 24.0 Å². The van der Waals surface area contributed by atoms with Gasteiger partial charge in [0.1, 0.15) is 12.7 Å². The minimum absolute atomic E-state index is 0.204. The third kappa shape index (κ3) is 7.01. The molecule has 1 aliphatic heterocycles. The first-order valence-corrected chi connectivity index (χ1v) is 10.3. The molecule has 6 nitrogen and oxygen atoms in total. The molecule has 0 spiro atoms. The molecule has 0 unspecified atom stereocenters. The Balaban J connectivity index is 1.45. The van der Waals surface area contributed by atoms with E-state index in [9.17, 15) is 10.2 Å². The Kier molecular flexibility index (Phi) is 8.31. The monoisotopic (exact) mass is 400 g/mol. The number of benzene rings is 2. The Morgan fingerprint density at radius 2 is 1.76 bits per heavy atom. The summed E-state index contributed by atoms with van der Waals surface area (Å²) >= 11 is 0. The number of hydrogen-bond donors (Lipinski definition) is 3. The first-order chi connectivity index (χ1) is 14.1. The number of nitrogens with zero attached hydrogens (tertiary/aromatic N) is 1. The summed E-state index contributed by atoms with van der Waals surface area (Å²) in [6.07, 6.45) is 0.745. The van der Waals surface area contributed by atoms with Gasteiger partial charge in [-0.15, -0.1) is 0 Å². The lowest BCUT2D eigenvalue weighted by molar-refractivity contribution is 0.0333. The second-order valence-corrected chi connectivity index (χ2v) is 7.57. The van der Waals surface area contributed by atoms with E-state index in [-0.39, 0.29) is 12.7 Å². The standard InChI is InChI=1S/C23H32N2O4/c1-28-23-13-19(15-24-14-18-5-3-2-4-6-18)7-8-22(23)29-17-21(27)16-25-11-9-20(26)10-12-25/h2-8,13,20-21,24,26-27H,9-12,14-17H2,1H3/t21-/m1/s1. The predicted molar refractivity (Wildman–Crippen MR) is 113 cm³/mol. The molecule has 6 heteroatoms. The summed E-state index contributed by atoms with van der Waals surface area (Å²) in [4.78, 5) is 2.17. The molecule has 1 heterocycles. The maximum Gasteiger partial charge on any atom is 0.161 e. The molecule has 2 aromatic carbocycles. The molecule has 1 saturated heterocycles. The van der Waals surface area contributed by atoms with Gasteiger partial charge in [0.25, 0.3) is 0 Å². The molecule has 0 aromatic heterocycles. The maximum atomic E-state index is 10.3. The van der Waals surface area contributed by atoms with E-state index in [0.29, 0.717) is 18.0 Å². The average molecular weight is 401 g/mol. The zero-order chi connectivity index (χ0) is 20.5. The molecule has 0 bridgehead atoms. The van der Waals surface area contributed by atoms with Crippen molar-refractivity contribution in [2.45, 2.75) is 38.1 Å². The number of rotatable bonds is 10. The first-order valence-electron chi connectivity index (χ1n) is 10.3. The van der Waals surface area contributed by atoms with Gasteiger partial charge in [-0.1, -0.05) is 36.4 Å². The Labute approximate surface area is 173 Å². The second kappa shape index (κ2) is 11.2. The maximum absolute atomic E-state index is 10.3. The molecule has 29 heavy (non-hydrogen) atoms. The van der Waals surface area contributed by atoms with Gasteiger partial charge in [0, 0.05) is 32.7 Å². The van der Waals surface area contributed by atoms with Gasteiger partial charge in [-0.3, -0.25) is 0 Å². The Morgan fingerprint density at radius 3 is 2.48 bits per heavy atom. The van der Waals surface area contributed by atoms with Crippen LogP contribution in [0.5, 0.6) is 11.5 Å². The van der Waals surface area contributed by atoms with E-state index in [1.807, 2.05) is 36.4 Å². The molecule has 1 aliphatic rings. The van der Waals surface area contributed by atoms with Crippen molar-refractivity contribution in [2.75, 3.05) is 33.4 Å². The highest BCUT2D eigenvalue weighted by Crippen LogP contribution is 2.28. The van der Waals surface area contributed by atoms with E-state index in [4.69, 9.17) is 9.47 Å². The first kappa shape index (κ1) is 21.6. The molecule has 158 valence electrons. The fourth-order valence-corrected chi connectivity index (χ4v) is 3.53. The third-order valence-electron chi connectivity index (χ3n) is 5.19. The van der Waals surface area contributed by atoms with E-state index in [1.165, 1.54) is 5.56 Å². The zero-order valence-corrected chi connectivity index (χ0v) is 17.1. The lowest BCUT2D eigenvalue weighted by atomic mass is 10.1. The Bertz CT molecular complexity index is 733. The van der Waals surface area contributed by atoms with Crippen LogP contribution in [0.15, 0.2) is 48.5 Å². The fraction of sp³-hybridized carbons (Fsp3) is 0.478. The van der Waals surface area contributed by atoms with Gasteiger partial charge in [0.2, 0.25) is 0 Å². The van der Waals surface area contributed by atoms with Gasteiger partial charge in [0.05, 0.1) is 13.2 Å². The number of ether oxygens (including phenoxy) is 2. The van der Waals surface area contributed by atoms with E-state index < -0.39 is 6.10 Å². The van der Waals surface area contributed by atoms with E-state index in [0.717, 1.165) is 44.6 Å². The molecule has 0 saturated carbocycles. The minimum Gasteiger partial charge on any atom is -0.493 e. The van der Waals surface area contributed by atoms with Crippen molar-refractivity contribution in [1.29, 1.82) is 0 Å². The van der Waals surface area contributed by atoms with Gasteiger partial charge in [-0.2, -0.15) is 0 Å². The number of nitrogens with one attached hydrogen (secondary N) is 1. The van der Waals surface area contributed by atoms with Crippen LogP contribution in [-0.2, 0) is 13.1 Å². The van der Waals surface area contributed by atoms with Crippen molar-refractivity contribution in [3.63, 3.8) is 0 Å². The quantitative estimate of drug-likeness (QED) is 0.568. The highest BCUT2D eigenvalue weighted by Gasteiger charge is 2.20. The van der Waals surface area contributed by atoms with Crippen LogP contribution in [0, 0.1) is 0 Å². The third-order valence-corrected chi connectivity index (χ3v) is 5.19. The van der Waals surface area contributed by atoms with Crippen LogP contribution in [0.3, 0.4) is 0 Å². The normalized spacial score (nSPS) is 16.5. The molecule has 2 aromatic rings. The van der Waals surface area contributed by atoms with Gasteiger partial charge in [-0.05, 0) is 36.1 Å². The minimum atomic E-state index is -0.581. The molecule has 0 aliphatic carbocycles. The highest BCUT2D eigenvalue weighted by atomic mass is 16.5. The van der Waals surface area contributed by atoms with Crippen LogP contribution >= 0.6 is 0 Å². The summed E-state index contributed by atoms with van der Waals surface area (Å²) in [5, 5.41) is 23.3. The number of piperidine rings is 1. The predicted octanol–water partition coefficient (Wildman–Crippen LogP) is 2.18. The van der Waals surface area contributed by atoms with E-state index >= 15 is 0 Å². The van der Waals surface area contributed by atoms with Crippen LogP contribution in [0.4, 0.5) is 0 Å². The van der Waals surface area contributed by atoms with Gasteiger partial charge in [-0.25, -0.2) is 0 Å². The topological polar surface area (TPSA) is 74.2 Å². The molecule has 0 amide bonds. The Hall–Kier alpha value is -2.12. The summed E-state index contributed by atoms with van der Waals surface area (Å²) in [6.45, 7) is 3.92. The number of β-amino-alcohol motifs (C(OH)–C–C–N with tert-alkyl or cyclic N) is 1. The Morgan fingerprint density at radius 1 is 1.03 bits per heavy atom. The molecule has 1 atom stereocenters. The van der Waals surface area contributed by atoms with E-state index in [2.05, 4.69) is 22.3 Å². The van der Waals surface area contributed by atoms with Crippen molar-refractivity contribution in [3.05, 3.63) is 59.7 Å². The lowest BCUT2D eigenvalue weighted by Crippen LogP contribution is -2.41. The van der Waals surface area contributed by atoms with Crippen molar-refractivity contribution >= 4 is 0 Å². The second-order valence-electron chi connectivity index (χ2n) is 7.57. The summed E-state index contributed by atoms with van der Waals surface area (Å²) < 4.78 is 11.3. The number of aliphatic hydroxyl groups excluding tert-OH is 2. The number of likely N-dealkylation sites (tertiary alicyclic amines) is 1. The van der Waals surface area contributed by atoms with Gasteiger partial charge < -0.3 is 29.9 Å². The van der Waals surface area contributed by atoms with Gasteiger partial charge >= 0.3 is 0 Å². The van der Waals surface area contributed by atoms with E-state index in [1.54, 1.807) is 7.11 Å². The largest absolute Gasteiger partial charge is 0.493 e. The summed E-state index contributed by atoms with van der Waals surface area (Å²) in [6, 6.07) is 16.2. The highest BCUT2D eigenvalue weighted by molar-refractivity contribution is 5.43. The summed E-state index contributed by atoms with van der Waals surface area (Å²) in [5.74, 6) is 1.30. The van der Waals surface area contributed by atoms with Gasteiger partial charge in [0.15, 0.2) is 11.5 Å². The number of aliphatic hydroxyl groups is 2. The smallest absolute Gasteiger partial charge is 0.161 e. The lowest BCUT2D eigenvalue weighted by Gasteiger charge is -2.30. The summed E-state index contributed by atoms with van der Waals surface area (Å²) in [7, 11) is 1.62. The van der Waals surface area contributed by atoms with Crippen LogP contribution in [-0.4, -0.2) is 60.7 Å². The summed E-state index contributed by atoms with van der Waals surface area (Å²) in [5.41, 5.74) is 2.36. The van der Waals surface area contributed by atoms with Crippen molar-refractivity contribution in [2.24, 2.45) is 0 Å². The van der Waals surface area contributed by atoms with Crippen LogP contribution in [0.25, 0.3) is 0 Å².